The molecule has 0 radical (unpaired) electrons. The molecule has 0 aromatic heterocycles. The van der Waals surface area contributed by atoms with Crippen LogP contribution in [0.5, 0.6) is 0 Å². The van der Waals surface area contributed by atoms with E-state index in [1.807, 2.05) is 25.7 Å². The summed E-state index contributed by atoms with van der Waals surface area (Å²) < 4.78 is 5.46. The third-order valence-corrected chi connectivity index (χ3v) is 5.70. The molecule has 1 unspecified atom stereocenters. The fourth-order valence-corrected chi connectivity index (χ4v) is 4.11. The molecule has 0 spiro atoms. The van der Waals surface area contributed by atoms with Crippen molar-refractivity contribution in [1.82, 2.24) is 9.80 Å². The van der Waals surface area contributed by atoms with Crippen LogP contribution in [0.1, 0.15) is 65.7 Å². The minimum absolute atomic E-state index is 0.204. The van der Waals surface area contributed by atoms with Crippen molar-refractivity contribution in [3.63, 3.8) is 0 Å². The van der Waals surface area contributed by atoms with Crippen LogP contribution in [0, 0.1) is 17.8 Å². The van der Waals surface area contributed by atoms with Gasteiger partial charge < -0.3 is 14.5 Å². The van der Waals surface area contributed by atoms with Crippen LogP contribution in [0.3, 0.4) is 0 Å². The van der Waals surface area contributed by atoms with Gasteiger partial charge in [-0.2, -0.15) is 0 Å². The Kier molecular flexibility index (Phi) is 5.59. The van der Waals surface area contributed by atoms with Gasteiger partial charge in [0, 0.05) is 32.1 Å². The molecule has 0 N–H and O–H groups in total. The van der Waals surface area contributed by atoms with E-state index in [-0.39, 0.29) is 12.0 Å². The van der Waals surface area contributed by atoms with Gasteiger partial charge in [-0.15, -0.1) is 0 Å². The van der Waals surface area contributed by atoms with Gasteiger partial charge in [-0.3, -0.25) is 4.79 Å². The van der Waals surface area contributed by atoms with Crippen molar-refractivity contribution in [2.24, 2.45) is 17.8 Å². The third-order valence-electron chi connectivity index (χ3n) is 5.70. The van der Waals surface area contributed by atoms with Crippen molar-refractivity contribution in [3.8, 4) is 0 Å². The van der Waals surface area contributed by atoms with Crippen molar-refractivity contribution < 1.29 is 14.3 Å². The lowest BCUT2D eigenvalue weighted by Gasteiger charge is -2.38. The quantitative estimate of drug-likeness (QED) is 0.777. The molecular weight excluding hydrogens is 316 g/mol. The topological polar surface area (TPSA) is 49.9 Å². The third kappa shape index (κ3) is 5.35. The van der Waals surface area contributed by atoms with Crippen molar-refractivity contribution in [2.45, 2.75) is 71.3 Å². The Morgan fingerprint density at radius 3 is 2.32 bits per heavy atom. The van der Waals surface area contributed by atoms with Crippen LogP contribution in [-0.4, -0.2) is 53.6 Å². The van der Waals surface area contributed by atoms with E-state index in [2.05, 4.69) is 4.90 Å². The van der Waals surface area contributed by atoms with E-state index < -0.39 is 5.60 Å². The van der Waals surface area contributed by atoms with Crippen LogP contribution in [0.25, 0.3) is 0 Å². The first-order valence-corrected chi connectivity index (χ1v) is 10.1. The Morgan fingerprint density at radius 2 is 1.72 bits per heavy atom. The number of likely N-dealkylation sites (tertiary alicyclic amines) is 2. The molecule has 2 saturated heterocycles. The number of ether oxygens (including phenoxy) is 1. The SMILES string of the molecule is CC(C)(C)OC(=O)N1CCC(CN2CCCC(CC3CC3)C2=O)CC1. The molecule has 0 aromatic carbocycles. The fourth-order valence-electron chi connectivity index (χ4n) is 4.11. The van der Waals surface area contributed by atoms with E-state index in [0.29, 0.717) is 11.8 Å². The van der Waals surface area contributed by atoms with Gasteiger partial charge >= 0.3 is 6.09 Å². The van der Waals surface area contributed by atoms with Gasteiger partial charge in [0.15, 0.2) is 0 Å². The first kappa shape index (κ1) is 18.5. The molecule has 25 heavy (non-hydrogen) atoms. The lowest BCUT2D eigenvalue weighted by atomic mass is 9.89. The smallest absolute Gasteiger partial charge is 0.410 e. The van der Waals surface area contributed by atoms with Crippen molar-refractivity contribution in [2.75, 3.05) is 26.2 Å². The van der Waals surface area contributed by atoms with Gasteiger partial charge in [0.1, 0.15) is 5.60 Å². The number of hydrogen-bond donors (Lipinski definition) is 0. The maximum Gasteiger partial charge on any atom is 0.410 e. The Bertz CT molecular complexity index is 488. The average Bonchev–Trinajstić information content (AvgIpc) is 3.34. The number of rotatable bonds is 4. The van der Waals surface area contributed by atoms with Crippen LogP contribution in [0.15, 0.2) is 0 Å². The molecule has 5 nitrogen and oxygen atoms in total. The van der Waals surface area contributed by atoms with Gasteiger partial charge in [0.2, 0.25) is 5.91 Å². The molecule has 1 aliphatic carbocycles. The second-order valence-corrected chi connectivity index (χ2v) is 9.21. The zero-order valence-electron chi connectivity index (χ0n) is 16.1. The molecule has 2 heterocycles. The van der Waals surface area contributed by atoms with Crippen LogP contribution in [-0.2, 0) is 9.53 Å². The summed E-state index contributed by atoms with van der Waals surface area (Å²) in [5.41, 5.74) is -0.440. The van der Waals surface area contributed by atoms with Crippen molar-refractivity contribution >= 4 is 12.0 Å². The number of nitrogens with zero attached hydrogens (tertiary/aromatic N) is 2. The van der Waals surface area contributed by atoms with E-state index in [9.17, 15) is 9.59 Å². The first-order valence-electron chi connectivity index (χ1n) is 10.1. The summed E-state index contributed by atoms with van der Waals surface area (Å²) in [6.07, 6.45) is 7.74. The normalized spacial score (nSPS) is 26.0. The molecule has 1 saturated carbocycles. The summed E-state index contributed by atoms with van der Waals surface area (Å²) >= 11 is 0. The first-order chi connectivity index (χ1) is 11.8. The van der Waals surface area contributed by atoms with Gasteiger partial charge in [-0.1, -0.05) is 12.8 Å². The van der Waals surface area contributed by atoms with E-state index in [1.54, 1.807) is 0 Å². The van der Waals surface area contributed by atoms with E-state index >= 15 is 0 Å². The Labute approximate surface area is 152 Å². The number of carbonyl (C=O) groups excluding carboxylic acids is 2. The molecule has 3 aliphatic rings. The highest BCUT2D eigenvalue weighted by Gasteiger charge is 2.35. The second kappa shape index (κ2) is 7.55. The highest BCUT2D eigenvalue weighted by atomic mass is 16.6. The minimum Gasteiger partial charge on any atom is -0.444 e. The Hall–Kier alpha value is -1.26. The lowest BCUT2D eigenvalue weighted by molar-refractivity contribution is -0.139. The zero-order chi connectivity index (χ0) is 18.0. The fraction of sp³-hybridized carbons (Fsp3) is 0.900. The molecule has 2 amide bonds. The predicted molar refractivity (Wildman–Crippen MR) is 97.2 cm³/mol. The molecule has 3 fully saturated rings. The van der Waals surface area contributed by atoms with E-state index in [0.717, 1.165) is 64.2 Å². The summed E-state index contributed by atoms with van der Waals surface area (Å²) in [6.45, 7) is 8.99. The van der Waals surface area contributed by atoms with E-state index in [4.69, 9.17) is 4.74 Å². The highest BCUT2D eigenvalue weighted by Crippen LogP contribution is 2.38. The van der Waals surface area contributed by atoms with Gasteiger partial charge in [-0.05, 0) is 64.7 Å². The molecule has 1 atom stereocenters. The summed E-state index contributed by atoms with van der Waals surface area (Å²) in [7, 11) is 0. The molecule has 0 bridgehead atoms. The second-order valence-electron chi connectivity index (χ2n) is 9.21. The average molecular weight is 351 g/mol. The van der Waals surface area contributed by atoms with Gasteiger partial charge in [-0.25, -0.2) is 4.79 Å². The molecule has 3 rings (SSSR count). The molecule has 2 aliphatic heterocycles. The largest absolute Gasteiger partial charge is 0.444 e. The minimum atomic E-state index is -0.440. The maximum atomic E-state index is 12.7. The Balaban J connectivity index is 1.43. The number of hydrogen-bond acceptors (Lipinski definition) is 3. The zero-order valence-corrected chi connectivity index (χ0v) is 16.1. The number of carbonyl (C=O) groups is 2. The van der Waals surface area contributed by atoms with Crippen LogP contribution >= 0.6 is 0 Å². The Morgan fingerprint density at radius 1 is 1.04 bits per heavy atom. The van der Waals surface area contributed by atoms with Crippen LogP contribution in [0.2, 0.25) is 0 Å². The molecule has 5 heteroatoms. The van der Waals surface area contributed by atoms with Gasteiger partial charge in [0.05, 0.1) is 0 Å². The highest BCUT2D eigenvalue weighted by molar-refractivity contribution is 5.79. The number of piperidine rings is 2. The van der Waals surface area contributed by atoms with Crippen LogP contribution in [0.4, 0.5) is 4.79 Å². The number of amides is 2. The van der Waals surface area contributed by atoms with E-state index in [1.165, 1.54) is 12.8 Å². The summed E-state index contributed by atoms with van der Waals surface area (Å²) in [5.74, 6) is 2.02. The predicted octanol–water partition coefficient (Wildman–Crippen LogP) is 3.67. The molecule has 0 aromatic rings. The molecule has 142 valence electrons. The molecular formula is C20H34N2O3. The van der Waals surface area contributed by atoms with Crippen LogP contribution < -0.4 is 0 Å². The van der Waals surface area contributed by atoms with Gasteiger partial charge in [0.25, 0.3) is 0 Å². The van der Waals surface area contributed by atoms with Crippen molar-refractivity contribution in [3.05, 3.63) is 0 Å². The summed E-state index contributed by atoms with van der Waals surface area (Å²) in [5, 5.41) is 0. The summed E-state index contributed by atoms with van der Waals surface area (Å²) in [6, 6.07) is 0. The maximum absolute atomic E-state index is 12.7. The summed E-state index contributed by atoms with van der Waals surface area (Å²) in [4.78, 5) is 28.8. The van der Waals surface area contributed by atoms with Crippen molar-refractivity contribution in [1.29, 1.82) is 0 Å². The monoisotopic (exact) mass is 350 g/mol. The lowest BCUT2D eigenvalue weighted by Crippen LogP contribution is -2.47. The standard InChI is InChI=1S/C20H34N2O3/c1-20(2,3)25-19(24)21-11-8-16(9-12-21)14-22-10-4-5-17(18(22)23)13-15-6-7-15/h15-17H,4-14H2,1-3H3.